The third-order valence-corrected chi connectivity index (χ3v) is 3.06. The van der Waals surface area contributed by atoms with Crippen LogP contribution in [0.2, 0.25) is 0 Å². The zero-order valence-corrected chi connectivity index (χ0v) is 9.26. The van der Waals surface area contributed by atoms with Gasteiger partial charge in [0.1, 0.15) is 0 Å². The van der Waals surface area contributed by atoms with Gasteiger partial charge in [0.25, 0.3) is 0 Å². The lowest BCUT2D eigenvalue weighted by Crippen LogP contribution is -1.91. The number of hydrogen-bond donors (Lipinski definition) is 1. The minimum atomic E-state index is 0.572. The van der Waals surface area contributed by atoms with E-state index < -0.39 is 0 Å². The van der Waals surface area contributed by atoms with Gasteiger partial charge < -0.3 is 5.73 Å². The lowest BCUT2D eigenvalue weighted by atomic mass is 10.4. The number of aryl methyl sites for hydroxylation is 1. The van der Waals surface area contributed by atoms with Crippen molar-refractivity contribution < 1.29 is 0 Å². The first-order chi connectivity index (χ1) is 6.18. The first-order valence-corrected chi connectivity index (χ1v) is 5.18. The van der Waals surface area contributed by atoms with Gasteiger partial charge in [0.15, 0.2) is 5.13 Å². The van der Waals surface area contributed by atoms with E-state index in [0.717, 1.165) is 15.0 Å². The number of hydrogen-bond acceptors (Lipinski definition) is 4. The van der Waals surface area contributed by atoms with Gasteiger partial charge in [0.2, 0.25) is 0 Å². The molecule has 0 saturated carbocycles. The molecule has 0 aromatic carbocycles. The van der Waals surface area contributed by atoms with Crippen molar-refractivity contribution in [1.29, 1.82) is 0 Å². The number of rotatable bonds is 1. The average molecular weight is 259 g/mol. The zero-order chi connectivity index (χ0) is 9.42. The number of thiazole rings is 1. The van der Waals surface area contributed by atoms with E-state index >= 15 is 0 Å². The lowest BCUT2D eigenvalue weighted by molar-refractivity contribution is 0.777. The molecule has 13 heavy (non-hydrogen) atoms. The van der Waals surface area contributed by atoms with E-state index in [1.54, 1.807) is 17.1 Å². The van der Waals surface area contributed by atoms with Crippen LogP contribution in [0.1, 0.15) is 0 Å². The van der Waals surface area contributed by atoms with Crippen molar-refractivity contribution in [2.45, 2.75) is 0 Å². The Hall–Kier alpha value is -0.880. The summed E-state index contributed by atoms with van der Waals surface area (Å²) in [6.45, 7) is 0. The van der Waals surface area contributed by atoms with E-state index in [4.69, 9.17) is 5.73 Å². The molecule has 6 heteroatoms. The maximum Gasteiger partial charge on any atom is 0.180 e. The largest absolute Gasteiger partial charge is 0.375 e. The molecule has 0 aliphatic rings. The molecular weight excluding hydrogens is 252 g/mol. The molecule has 0 saturated heterocycles. The van der Waals surface area contributed by atoms with E-state index in [9.17, 15) is 0 Å². The molecule has 0 bridgehead atoms. The second kappa shape index (κ2) is 3.12. The summed E-state index contributed by atoms with van der Waals surface area (Å²) < 4.78 is 2.75. The highest BCUT2D eigenvalue weighted by atomic mass is 79.9. The minimum Gasteiger partial charge on any atom is -0.375 e. The molecule has 0 aliphatic heterocycles. The number of halogens is 1. The summed E-state index contributed by atoms with van der Waals surface area (Å²) in [6, 6.07) is 0. The SMILES string of the molecule is Cn1ncc(Br)c1-c1cnc(N)s1. The standard InChI is InChI=1S/C7H7BrN4S/c1-12-6(4(8)2-11-12)5-3-10-7(9)13-5/h2-3H,1H3,(H2,9,10). The molecule has 4 nitrogen and oxygen atoms in total. The first kappa shape index (κ1) is 8.71. The number of nitrogen functional groups attached to an aromatic ring is 1. The number of anilines is 1. The number of nitrogens with zero attached hydrogens (tertiary/aromatic N) is 3. The number of nitrogens with two attached hydrogens (primary N) is 1. The van der Waals surface area contributed by atoms with Crippen LogP contribution in [0, 0.1) is 0 Å². The third kappa shape index (κ3) is 1.47. The molecule has 0 spiro atoms. The van der Waals surface area contributed by atoms with Crippen molar-refractivity contribution in [3.8, 4) is 10.6 Å². The third-order valence-electron chi connectivity index (χ3n) is 1.65. The Morgan fingerprint density at radius 3 is 2.77 bits per heavy atom. The Morgan fingerprint density at radius 2 is 2.31 bits per heavy atom. The predicted molar refractivity (Wildman–Crippen MR) is 56.4 cm³/mol. The molecule has 0 radical (unpaired) electrons. The van der Waals surface area contributed by atoms with Crippen LogP contribution in [0.3, 0.4) is 0 Å². The van der Waals surface area contributed by atoms with Gasteiger partial charge in [-0.3, -0.25) is 4.68 Å². The molecule has 0 aliphatic carbocycles. The Balaban J connectivity index is 2.57. The van der Waals surface area contributed by atoms with Crippen LogP contribution in [0.15, 0.2) is 16.9 Å². The van der Waals surface area contributed by atoms with Crippen molar-refractivity contribution in [2.75, 3.05) is 5.73 Å². The van der Waals surface area contributed by atoms with Gasteiger partial charge in [-0.25, -0.2) is 4.98 Å². The Morgan fingerprint density at radius 1 is 1.54 bits per heavy atom. The summed E-state index contributed by atoms with van der Waals surface area (Å²) in [7, 11) is 1.88. The van der Waals surface area contributed by atoms with Crippen LogP contribution in [0.5, 0.6) is 0 Å². The van der Waals surface area contributed by atoms with E-state index in [0.29, 0.717) is 5.13 Å². The topological polar surface area (TPSA) is 56.7 Å². The van der Waals surface area contributed by atoms with Crippen molar-refractivity contribution >= 4 is 32.4 Å². The Kier molecular flexibility index (Phi) is 2.09. The van der Waals surface area contributed by atoms with Gasteiger partial charge in [-0.2, -0.15) is 5.10 Å². The molecule has 0 atom stereocenters. The molecule has 2 aromatic rings. The molecule has 2 aromatic heterocycles. The maximum atomic E-state index is 5.55. The highest BCUT2D eigenvalue weighted by Crippen LogP contribution is 2.32. The monoisotopic (exact) mass is 258 g/mol. The van der Waals surface area contributed by atoms with E-state index in [2.05, 4.69) is 26.0 Å². The first-order valence-electron chi connectivity index (χ1n) is 3.57. The van der Waals surface area contributed by atoms with Crippen molar-refractivity contribution in [3.05, 3.63) is 16.9 Å². The van der Waals surface area contributed by atoms with Crippen LogP contribution in [-0.4, -0.2) is 14.8 Å². The molecule has 2 N–H and O–H groups in total. The second-order valence-corrected chi connectivity index (χ2v) is 4.44. The summed E-state index contributed by atoms with van der Waals surface area (Å²) in [4.78, 5) is 5.01. The van der Waals surface area contributed by atoms with Gasteiger partial charge in [-0.1, -0.05) is 11.3 Å². The highest BCUT2D eigenvalue weighted by molar-refractivity contribution is 9.10. The van der Waals surface area contributed by atoms with E-state index in [1.165, 1.54) is 11.3 Å². The molecule has 2 rings (SSSR count). The smallest absolute Gasteiger partial charge is 0.180 e. The molecule has 0 unspecified atom stereocenters. The maximum absolute atomic E-state index is 5.55. The Labute approximate surface area is 87.5 Å². The van der Waals surface area contributed by atoms with Crippen LogP contribution in [0.4, 0.5) is 5.13 Å². The molecule has 68 valence electrons. The summed E-state index contributed by atoms with van der Waals surface area (Å²) in [5.41, 5.74) is 6.56. The van der Waals surface area contributed by atoms with E-state index in [-0.39, 0.29) is 0 Å². The van der Waals surface area contributed by atoms with Crippen molar-refractivity contribution in [1.82, 2.24) is 14.8 Å². The molecule has 0 amide bonds. The zero-order valence-electron chi connectivity index (χ0n) is 6.86. The Bertz CT molecular complexity index is 414. The average Bonchev–Trinajstić information content (AvgIpc) is 2.60. The molecular formula is C7H7BrN4S. The van der Waals surface area contributed by atoms with Crippen LogP contribution < -0.4 is 5.73 Å². The van der Waals surface area contributed by atoms with Gasteiger partial charge in [0, 0.05) is 13.2 Å². The molecule has 2 heterocycles. The normalized spacial score (nSPS) is 10.6. The summed E-state index contributed by atoms with van der Waals surface area (Å²) in [5, 5.41) is 4.68. The van der Waals surface area contributed by atoms with Gasteiger partial charge in [-0.05, 0) is 15.9 Å². The highest BCUT2D eigenvalue weighted by Gasteiger charge is 2.10. The van der Waals surface area contributed by atoms with Crippen LogP contribution >= 0.6 is 27.3 Å². The summed E-state index contributed by atoms with van der Waals surface area (Å²) >= 11 is 4.87. The van der Waals surface area contributed by atoms with E-state index in [1.807, 2.05) is 7.05 Å². The minimum absolute atomic E-state index is 0.572. The fourth-order valence-corrected chi connectivity index (χ4v) is 2.55. The molecule has 0 fully saturated rings. The van der Waals surface area contributed by atoms with Crippen LogP contribution in [0.25, 0.3) is 10.6 Å². The fraction of sp³-hybridized carbons (Fsp3) is 0.143. The fourth-order valence-electron chi connectivity index (χ4n) is 1.08. The second-order valence-electron chi connectivity index (χ2n) is 2.53. The predicted octanol–water partition coefficient (Wildman–Crippen LogP) is 1.89. The van der Waals surface area contributed by atoms with Gasteiger partial charge in [-0.15, -0.1) is 0 Å². The summed E-state index contributed by atoms with van der Waals surface area (Å²) in [6.07, 6.45) is 3.51. The van der Waals surface area contributed by atoms with Crippen molar-refractivity contribution in [2.24, 2.45) is 7.05 Å². The summed E-state index contributed by atoms with van der Waals surface area (Å²) in [5.74, 6) is 0. The van der Waals surface area contributed by atoms with Crippen LogP contribution in [-0.2, 0) is 7.05 Å². The van der Waals surface area contributed by atoms with Crippen molar-refractivity contribution in [3.63, 3.8) is 0 Å². The van der Waals surface area contributed by atoms with Gasteiger partial charge >= 0.3 is 0 Å². The van der Waals surface area contributed by atoms with Gasteiger partial charge in [0.05, 0.1) is 21.2 Å². The quantitative estimate of drug-likeness (QED) is 0.850. The lowest BCUT2D eigenvalue weighted by Gasteiger charge is -1.97. The number of aromatic nitrogens is 3.